The van der Waals surface area contributed by atoms with Crippen molar-refractivity contribution >= 4 is 12.0 Å². The molecule has 29 heavy (non-hydrogen) atoms. The number of alkyl halides is 3. The summed E-state index contributed by atoms with van der Waals surface area (Å²) in [7, 11) is 1.31. The molecule has 0 aromatic heterocycles. The lowest BCUT2D eigenvalue weighted by Gasteiger charge is -2.18. The lowest BCUT2D eigenvalue weighted by atomic mass is 10.0. The van der Waals surface area contributed by atoms with E-state index in [-0.39, 0.29) is 18.2 Å². The minimum atomic E-state index is -4.44. The van der Waals surface area contributed by atoms with Gasteiger partial charge in [0.15, 0.2) is 0 Å². The van der Waals surface area contributed by atoms with Crippen molar-refractivity contribution in [1.29, 1.82) is 0 Å². The molecule has 0 saturated carbocycles. The zero-order valence-electron chi connectivity index (χ0n) is 16.2. The van der Waals surface area contributed by atoms with E-state index in [9.17, 15) is 23.1 Å². The number of carbonyl (C=O) groups excluding carboxylic acids is 1. The number of ether oxygens (including phenoxy) is 1. The van der Waals surface area contributed by atoms with Crippen LogP contribution in [0.2, 0.25) is 0 Å². The molecule has 0 heterocycles. The van der Waals surface area contributed by atoms with E-state index in [1.807, 2.05) is 31.2 Å². The fraction of sp³-hybridized carbons (Fsp3) is 0.318. The average Bonchev–Trinajstić information content (AvgIpc) is 2.70. The molecule has 0 saturated heterocycles. The molecule has 2 aromatic rings. The summed E-state index contributed by atoms with van der Waals surface area (Å²) in [6.45, 7) is 2.08. The van der Waals surface area contributed by atoms with Gasteiger partial charge in [0.1, 0.15) is 0 Å². The van der Waals surface area contributed by atoms with Gasteiger partial charge in [-0.2, -0.15) is 13.2 Å². The number of methoxy groups -OCH3 is 1. The van der Waals surface area contributed by atoms with Gasteiger partial charge in [0.2, 0.25) is 0 Å². The van der Waals surface area contributed by atoms with E-state index < -0.39 is 23.8 Å². The topological polar surface area (TPSA) is 58.6 Å². The van der Waals surface area contributed by atoms with E-state index in [0.29, 0.717) is 6.42 Å². The fourth-order valence-electron chi connectivity index (χ4n) is 2.78. The zero-order chi connectivity index (χ0) is 21.4. The minimum Gasteiger partial charge on any atom is -0.466 e. The Kier molecular flexibility index (Phi) is 7.99. The van der Waals surface area contributed by atoms with Crippen molar-refractivity contribution in [2.75, 3.05) is 13.7 Å². The fourth-order valence-corrected chi connectivity index (χ4v) is 2.78. The Hall–Kier alpha value is -2.64. The second-order valence-corrected chi connectivity index (χ2v) is 6.75. The average molecular weight is 407 g/mol. The SMILES string of the molecule is COC(=O)/C=C/c1ccc(CC(C)NCC(O)c2cccc(C(F)(F)F)c2)cc1. The number of hydrogen-bond acceptors (Lipinski definition) is 4. The maximum Gasteiger partial charge on any atom is 0.416 e. The molecular formula is C22H24F3NO3. The molecule has 0 aliphatic rings. The van der Waals surface area contributed by atoms with Crippen LogP contribution in [0, 0.1) is 0 Å². The van der Waals surface area contributed by atoms with Crippen LogP contribution in [0.5, 0.6) is 0 Å². The molecule has 0 bridgehead atoms. The number of rotatable bonds is 8. The largest absolute Gasteiger partial charge is 0.466 e. The Labute approximate surface area is 168 Å². The van der Waals surface area contributed by atoms with Crippen LogP contribution in [-0.4, -0.2) is 30.8 Å². The number of nitrogens with one attached hydrogen (secondary N) is 1. The van der Waals surface area contributed by atoms with Crippen LogP contribution in [0.4, 0.5) is 13.2 Å². The number of benzene rings is 2. The Morgan fingerprint density at radius 1 is 1.21 bits per heavy atom. The minimum absolute atomic E-state index is 0.00640. The molecule has 156 valence electrons. The summed E-state index contributed by atoms with van der Waals surface area (Å²) in [5.74, 6) is -0.425. The van der Waals surface area contributed by atoms with Gasteiger partial charge >= 0.3 is 12.1 Å². The summed E-state index contributed by atoms with van der Waals surface area (Å²) < 4.78 is 42.9. The van der Waals surface area contributed by atoms with E-state index in [2.05, 4.69) is 10.1 Å². The van der Waals surface area contributed by atoms with Gasteiger partial charge in [-0.1, -0.05) is 36.4 Å². The zero-order valence-corrected chi connectivity index (χ0v) is 16.2. The monoisotopic (exact) mass is 407 g/mol. The smallest absolute Gasteiger partial charge is 0.416 e. The van der Waals surface area contributed by atoms with Gasteiger partial charge in [0.05, 0.1) is 18.8 Å². The number of carbonyl (C=O) groups is 1. The maximum atomic E-state index is 12.8. The van der Waals surface area contributed by atoms with Crippen LogP contribution in [0.15, 0.2) is 54.6 Å². The second kappa shape index (κ2) is 10.2. The summed E-state index contributed by atoms with van der Waals surface area (Å²) >= 11 is 0. The second-order valence-electron chi connectivity index (χ2n) is 6.75. The van der Waals surface area contributed by atoms with Gasteiger partial charge in [-0.25, -0.2) is 4.79 Å². The molecule has 2 unspecified atom stereocenters. The van der Waals surface area contributed by atoms with Crippen molar-refractivity contribution in [3.8, 4) is 0 Å². The number of aliphatic hydroxyl groups excluding tert-OH is 1. The Balaban J connectivity index is 1.87. The lowest BCUT2D eigenvalue weighted by Crippen LogP contribution is -2.32. The van der Waals surface area contributed by atoms with Crippen LogP contribution in [0.3, 0.4) is 0 Å². The Morgan fingerprint density at radius 2 is 1.90 bits per heavy atom. The molecule has 0 amide bonds. The summed E-state index contributed by atoms with van der Waals surface area (Å²) in [6.07, 6.45) is -1.80. The van der Waals surface area contributed by atoms with Crippen molar-refractivity contribution in [1.82, 2.24) is 5.32 Å². The first kappa shape index (κ1) is 22.6. The van der Waals surface area contributed by atoms with Gasteiger partial charge in [0.25, 0.3) is 0 Å². The molecule has 7 heteroatoms. The van der Waals surface area contributed by atoms with Crippen LogP contribution in [0.25, 0.3) is 6.08 Å². The summed E-state index contributed by atoms with van der Waals surface area (Å²) in [4.78, 5) is 11.1. The third-order valence-electron chi connectivity index (χ3n) is 4.39. The molecule has 2 atom stereocenters. The van der Waals surface area contributed by atoms with Gasteiger partial charge < -0.3 is 15.2 Å². The first-order valence-corrected chi connectivity index (χ1v) is 9.12. The quantitative estimate of drug-likeness (QED) is 0.510. The summed E-state index contributed by atoms with van der Waals surface area (Å²) in [6, 6.07) is 12.3. The van der Waals surface area contributed by atoms with Gasteiger partial charge in [-0.15, -0.1) is 0 Å². The van der Waals surface area contributed by atoms with Crippen molar-refractivity contribution in [3.63, 3.8) is 0 Å². The van der Waals surface area contributed by atoms with E-state index >= 15 is 0 Å². The third kappa shape index (κ3) is 7.36. The Morgan fingerprint density at radius 3 is 2.52 bits per heavy atom. The highest BCUT2D eigenvalue weighted by Gasteiger charge is 2.30. The van der Waals surface area contributed by atoms with Crippen LogP contribution in [-0.2, 0) is 22.1 Å². The molecule has 0 spiro atoms. The number of aliphatic hydroxyl groups is 1. The van der Waals surface area contributed by atoms with E-state index in [0.717, 1.165) is 23.3 Å². The highest BCUT2D eigenvalue weighted by molar-refractivity contribution is 5.86. The van der Waals surface area contributed by atoms with Crippen molar-refractivity contribution in [2.45, 2.75) is 31.7 Å². The molecule has 4 nitrogen and oxygen atoms in total. The van der Waals surface area contributed by atoms with E-state index in [1.54, 1.807) is 6.08 Å². The molecule has 0 fully saturated rings. The lowest BCUT2D eigenvalue weighted by molar-refractivity contribution is -0.137. The van der Waals surface area contributed by atoms with Crippen molar-refractivity contribution in [3.05, 3.63) is 76.9 Å². The predicted octanol–water partition coefficient (Wildman–Crippen LogP) is 4.15. The van der Waals surface area contributed by atoms with Crippen LogP contribution >= 0.6 is 0 Å². The van der Waals surface area contributed by atoms with Gasteiger partial charge in [-0.05, 0) is 48.2 Å². The molecule has 2 aromatic carbocycles. The van der Waals surface area contributed by atoms with E-state index in [4.69, 9.17) is 0 Å². The third-order valence-corrected chi connectivity index (χ3v) is 4.39. The van der Waals surface area contributed by atoms with Crippen LogP contribution < -0.4 is 5.32 Å². The number of halogens is 3. The standard InChI is InChI=1S/C22H24F3NO3/c1-15(12-17-8-6-16(7-9-17)10-11-21(28)29-2)26-14-20(27)18-4-3-5-19(13-18)22(23,24)25/h3-11,13,15,20,26-27H,12,14H2,1-2H3/b11-10+. The molecule has 0 aliphatic carbocycles. The van der Waals surface area contributed by atoms with Crippen molar-refractivity contribution in [2.24, 2.45) is 0 Å². The van der Waals surface area contributed by atoms with Crippen LogP contribution in [0.1, 0.15) is 35.3 Å². The molecular weight excluding hydrogens is 383 g/mol. The molecule has 0 radical (unpaired) electrons. The highest BCUT2D eigenvalue weighted by atomic mass is 19.4. The van der Waals surface area contributed by atoms with E-state index in [1.165, 1.54) is 25.3 Å². The normalized spacial score (nSPS) is 14.0. The number of esters is 1. The van der Waals surface area contributed by atoms with Gasteiger partial charge in [-0.3, -0.25) is 0 Å². The first-order chi connectivity index (χ1) is 13.7. The first-order valence-electron chi connectivity index (χ1n) is 9.12. The molecule has 2 N–H and O–H groups in total. The maximum absolute atomic E-state index is 12.8. The summed E-state index contributed by atoms with van der Waals surface area (Å²) in [5.41, 5.74) is 1.36. The van der Waals surface area contributed by atoms with Crippen molar-refractivity contribution < 1.29 is 27.8 Å². The highest BCUT2D eigenvalue weighted by Crippen LogP contribution is 2.30. The predicted molar refractivity (Wildman–Crippen MR) is 105 cm³/mol. The summed E-state index contributed by atoms with van der Waals surface area (Å²) in [5, 5.41) is 13.4. The number of hydrogen-bond donors (Lipinski definition) is 2. The molecule has 0 aliphatic heterocycles. The Bertz CT molecular complexity index is 832. The van der Waals surface area contributed by atoms with Gasteiger partial charge in [0, 0.05) is 18.7 Å². The molecule has 2 rings (SSSR count).